The Balaban J connectivity index is 3.31. The SMILES string of the molecule is CCCc1c(Br)c(Br)c(Br)c(Br)c1OCCO. The van der Waals surface area contributed by atoms with Crippen LogP contribution >= 0.6 is 63.7 Å². The first-order valence-corrected chi connectivity index (χ1v) is 8.30. The molecule has 2 nitrogen and oxygen atoms in total. The molecule has 0 atom stereocenters. The first kappa shape index (κ1) is 16.0. The van der Waals surface area contributed by atoms with Crippen LogP contribution in [0.4, 0.5) is 0 Å². The fourth-order valence-electron chi connectivity index (χ4n) is 1.43. The molecule has 1 aromatic carbocycles. The van der Waals surface area contributed by atoms with Crippen LogP contribution in [0.5, 0.6) is 5.75 Å². The van der Waals surface area contributed by atoms with Gasteiger partial charge >= 0.3 is 0 Å². The molecule has 0 radical (unpaired) electrons. The van der Waals surface area contributed by atoms with Gasteiger partial charge in [0.1, 0.15) is 12.4 Å². The lowest BCUT2D eigenvalue weighted by Crippen LogP contribution is -2.06. The van der Waals surface area contributed by atoms with Crippen LogP contribution < -0.4 is 4.74 Å². The van der Waals surface area contributed by atoms with Gasteiger partial charge in [0.15, 0.2) is 0 Å². The van der Waals surface area contributed by atoms with E-state index in [-0.39, 0.29) is 13.2 Å². The van der Waals surface area contributed by atoms with Gasteiger partial charge in [0.05, 0.1) is 15.6 Å². The molecule has 0 amide bonds. The maximum atomic E-state index is 8.86. The van der Waals surface area contributed by atoms with Crippen molar-refractivity contribution in [3.8, 4) is 5.75 Å². The molecule has 0 spiro atoms. The molecule has 0 saturated heterocycles. The van der Waals surface area contributed by atoms with Crippen LogP contribution in [-0.4, -0.2) is 18.3 Å². The largest absolute Gasteiger partial charge is 0.490 e. The summed E-state index contributed by atoms with van der Waals surface area (Å²) in [4.78, 5) is 0. The standard InChI is InChI=1S/C11H12Br4O2/c1-2-3-6-7(12)8(13)9(14)10(15)11(6)17-5-4-16/h16H,2-5H2,1H3. The summed E-state index contributed by atoms with van der Waals surface area (Å²) >= 11 is 14.1. The highest BCUT2D eigenvalue weighted by molar-refractivity contribution is 9.15. The van der Waals surface area contributed by atoms with Gasteiger partial charge in [-0.1, -0.05) is 13.3 Å². The lowest BCUT2D eigenvalue weighted by molar-refractivity contribution is 0.199. The summed E-state index contributed by atoms with van der Waals surface area (Å²) in [5.41, 5.74) is 1.10. The van der Waals surface area contributed by atoms with Gasteiger partial charge in [-0.25, -0.2) is 0 Å². The fourth-order valence-corrected chi connectivity index (χ4v) is 3.90. The summed E-state index contributed by atoms with van der Waals surface area (Å²) in [5, 5.41) is 8.86. The first-order valence-electron chi connectivity index (χ1n) is 5.13. The average Bonchev–Trinajstić information content (AvgIpc) is 2.33. The molecule has 1 rings (SSSR count). The van der Waals surface area contributed by atoms with Gasteiger partial charge in [-0.2, -0.15) is 0 Å². The number of halogens is 4. The van der Waals surface area contributed by atoms with E-state index in [4.69, 9.17) is 9.84 Å². The van der Waals surface area contributed by atoms with Crippen LogP contribution in [-0.2, 0) is 6.42 Å². The zero-order valence-corrected chi connectivity index (χ0v) is 15.5. The maximum absolute atomic E-state index is 8.86. The van der Waals surface area contributed by atoms with Crippen LogP contribution in [0.1, 0.15) is 18.9 Å². The second-order valence-corrected chi connectivity index (χ2v) is 6.56. The number of aliphatic hydroxyl groups excluding tert-OH is 1. The van der Waals surface area contributed by atoms with E-state index in [1.165, 1.54) is 0 Å². The first-order chi connectivity index (χ1) is 8.04. The van der Waals surface area contributed by atoms with E-state index in [0.29, 0.717) is 0 Å². The average molecular weight is 496 g/mol. The Morgan fingerprint density at radius 2 is 1.59 bits per heavy atom. The Hall–Kier alpha value is 0.900. The molecular weight excluding hydrogens is 484 g/mol. The predicted molar refractivity (Wildman–Crippen MR) is 83.8 cm³/mol. The van der Waals surface area contributed by atoms with Crippen molar-refractivity contribution in [2.24, 2.45) is 0 Å². The van der Waals surface area contributed by atoms with Crippen molar-refractivity contribution in [1.29, 1.82) is 0 Å². The summed E-state index contributed by atoms with van der Waals surface area (Å²) in [5.74, 6) is 0.780. The van der Waals surface area contributed by atoms with Crippen LogP contribution in [0.25, 0.3) is 0 Å². The zero-order chi connectivity index (χ0) is 13.0. The number of aliphatic hydroxyl groups is 1. The predicted octanol–water partition coefficient (Wildman–Crippen LogP) is 5.06. The minimum Gasteiger partial charge on any atom is -0.490 e. The minimum absolute atomic E-state index is 0.00328. The monoisotopic (exact) mass is 492 g/mol. The third kappa shape index (κ3) is 3.69. The van der Waals surface area contributed by atoms with Crippen molar-refractivity contribution < 1.29 is 9.84 Å². The number of hydrogen-bond acceptors (Lipinski definition) is 2. The summed E-state index contributed by atoms with van der Waals surface area (Å²) in [6, 6.07) is 0. The maximum Gasteiger partial charge on any atom is 0.139 e. The molecule has 0 heterocycles. The van der Waals surface area contributed by atoms with E-state index in [1.807, 2.05) is 0 Å². The summed E-state index contributed by atoms with van der Waals surface area (Å²) in [6.07, 6.45) is 1.93. The Morgan fingerprint density at radius 1 is 1.00 bits per heavy atom. The molecule has 0 saturated carbocycles. The van der Waals surface area contributed by atoms with Gasteiger partial charge in [-0.15, -0.1) is 0 Å². The molecule has 17 heavy (non-hydrogen) atoms. The quantitative estimate of drug-likeness (QED) is 0.457. The number of ether oxygens (including phenoxy) is 1. The van der Waals surface area contributed by atoms with E-state index in [0.717, 1.165) is 42.0 Å². The summed E-state index contributed by atoms with van der Waals surface area (Å²) < 4.78 is 9.32. The van der Waals surface area contributed by atoms with E-state index in [1.54, 1.807) is 0 Å². The Bertz CT molecular complexity index is 407. The van der Waals surface area contributed by atoms with Gasteiger partial charge in [0, 0.05) is 14.5 Å². The summed E-state index contributed by atoms with van der Waals surface area (Å²) in [7, 11) is 0. The van der Waals surface area contributed by atoms with Crippen molar-refractivity contribution in [1.82, 2.24) is 0 Å². The van der Waals surface area contributed by atoms with Gasteiger partial charge in [0.25, 0.3) is 0 Å². The lowest BCUT2D eigenvalue weighted by Gasteiger charge is -2.17. The second-order valence-electron chi connectivity index (χ2n) is 3.39. The molecule has 1 aromatic rings. The molecule has 0 unspecified atom stereocenters. The topological polar surface area (TPSA) is 29.5 Å². The molecule has 1 N–H and O–H groups in total. The third-order valence-electron chi connectivity index (χ3n) is 2.15. The van der Waals surface area contributed by atoms with Crippen LogP contribution in [0.15, 0.2) is 17.9 Å². The molecule has 0 aliphatic carbocycles. The highest BCUT2D eigenvalue weighted by Gasteiger charge is 2.19. The fraction of sp³-hybridized carbons (Fsp3) is 0.455. The zero-order valence-electron chi connectivity index (χ0n) is 9.20. The van der Waals surface area contributed by atoms with Crippen LogP contribution in [0.2, 0.25) is 0 Å². The van der Waals surface area contributed by atoms with Crippen LogP contribution in [0, 0.1) is 0 Å². The highest BCUT2D eigenvalue weighted by Crippen LogP contribution is 2.46. The molecular formula is C11H12Br4O2. The number of hydrogen-bond donors (Lipinski definition) is 1. The number of benzene rings is 1. The minimum atomic E-state index is 0.00328. The molecule has 96 valence electrons. The molecule has 0 fully saturated rings. The molecule has 6 heteroatoms. The normalized spacial score (nSPS) is 10.7. The highest BCUT2D eigenvalue weighted by atomic mass is 79.9. The van der Waals surface area contributed by atoms with E-state index >= 15 is 0 Å². The van der Waals surface area contributed by atoms with E-state index < -0.39 is 0 Å². The van der Waals surface area contributed by atoms with Crippen molar-refractivity contribution in [3.05, 3.63) is 23.5 Å². The smallest absolute Gasteiger partial charge is 0.139 e. The Morgan fingerprint density at radius 3 is 2.12 bits per heavy atom. The van der Waals surface area contributed by atoms with E-state index in [2.05, 4.69) is 70.6 Å². The van der Waals surface area contributed by atoms with Crippen molar-refractivity contribution in [3.63, 3.8) is 0 Å². The summed E-state index contributed by atoms with van der Waals surface area (Å²) in [6.45, 7) is 2.41. The Kier molecular flexibility index (Phi) is 7.02. The van der Waals surface area contributed by atoms with Crippen molar-refractivity contribution >= 4 is 63.7 Å². The Labute approximate surface area is 135 Å². The lowest BCUT2D eigenvalue weighted by atomic mass is 10.1. The molecule has 0 bridgehead atoms. The van der Waals surface area contributed by atoms with Crippen molar-refractivity contribution in [2.45, 2.75) is 19.8 Å². The second kappa shape index (κ2) is 7.48. The molecule has 0 aliphatic rings. The van der Waals surface area contributed by atoms with Crippen LogP contribution in [0.3, 0.4) is 0 Å². The molecule has 0 aliphatic heterocycles. The number of rotatable bonds is 5. The van der Waals surface area contributed by atoms with Gasteiger partial charge in [-0.3, -0.25) is 0 Å². The van der Waals surface area contributed by atoms with Gasteiger partial charge in [0.2, 0.25) is 0 Å². The van der Waals surface area contributed by atoms with Gasteiger partial charge < -0.3 is 9.84 Å². The molecule has 0 aromatic heterocycles. The third-order valence-corrected chi connectivity index (χ3v) is 6.97. The van der Waals surface area contributed by atoms with Gasteiger partial charge in [-0.05, 0) is 70.1 Å². The van der Waals surface area contributed by atoms with Crippen molar-refractivity contribution in [2.75, 3.05) is 13.2 Å². The van der Waals surface area contributed by atoms with E-state index in [9.17, 15) is 0 Å².